The van der Waals surface area contributed by atoms with Gasteiger partial charge in [-0.2, -0.15) is 0 Å². The van der Waals surface area contributed by atoms with Crippen molar-refractivity contribution in [3.63, 3.8) is 0 Å². The summed E-state index contributed by atoms with van der Waals surface area (Å²) in [6, 6.07) is 6.30. The van der Waals surface area contributed by atoms with Crippen molar-refractivity contribution in [2.45, 2.75) is 57.5 Å². The second kappa shape index (κ2) is 6.90. The molecule has 1 aliphatic rings. The van der Waals surface area contributed by atoms with Gasteiger partial charge in [0.15, 0.2) is 0 Å². The van der Waals surface area contributed by atoms with Crippen LogP contribution in [0.4, 0.5) is 0 Å². The molecule has 1 saturated carbocycles. The first-order valence-corrected chi connectivity index (χ1v) is 9.23. The Morgan fingerprint density at radius 2 is 2.05 bits per heavy atom. The predicted molar refractivity (Wildman–Crippen MR) is 85.7 cm³/mol. The van der Waals surface area contributed by atoms with E-state index in [1.54, 1.807) is 6.07 Å². The zero-order chi connectivity index (χ0) is 15.5. The van der Waals surface area contributed by atoms with E-state index in [9.17, 15) is 8.42 Å². The van der Waals surface area contributed by atoms with E-state index in [0.717, 1.165) is 24.1 Å². The topological polar surface area (TPSA) is 58.2 Å². The van der Waals surface area contributed by atoms with Crippen LogP contribution in [-0.4, -0.2) is 21.0 Å². The summed E-state index contributed by atoms with van der Waals surface area (Å²) in [6.45, 7) is 7.18. The number of hydrogen-bond donors (Lipinski definition) is 2. The van der Waals surface area contributed by atoms with Gasteiger partial charge in [0.1, 0.15) is 0 Å². The van der Waals surface area contributed by atoms with Crippen molar-refractivity contribution in [1.29, 1.82) is 0 Å². The summed E-state index contributed by atoms with van der Waals surface area (Å²) in [4.78, 5) is 0.404. The molecule has 0 saturated heterocycles. The molecular formula is C16H26N2O2S. The molecule has 4 nitrogen and oxygen atoms in total. The van der Waals surface area contributed by atoms with Gasteiger partial charge in [0.25, 0.3) is 0 Å². The van der Waals surface area contributed by atoms with E-state index in [1.165, 1.54) is 12.8 Å². The van der Waals surface area contributed by atoms with Gasteiger partial charge in [-0.25, -0.2) is 13.1 Å². The zero-order valence-corrected chi connectivity index (χ0v) is 14.0. The van der Waals surface area contributed by atoms with Crippen LogP contribution in [0, 0.1) is 12.8 Å². The van der Waals surface area contributed by atoms with Crippen LogP contribution in [0.5, 0.6) is 0 Å². The third kappa shape index (κ3) is 4.80. The monoisotopic (exact) mass is 310 g/mol. The smallest absolute Gasteiger partial charge is 0.240 e. The van der Waals surface area contributed by atoms with Gasteiger partial charge in [-0.1, -0.05) is 32.4 Å². The molecule has 2 rings (SSSR count). The zero-order valence-electron chi connectivity index (χ0n) is 13.1. The Kier molecular flexibility index (Phi) is 5.41. The molecule has 0 bridgehead atoms. The normalized spacial score (nSPS) is 16.9. The Labute approximate surface area is 128 Å². The van der Waals surface area contributed by atoms with Crippen LogP contribution in [0.3, 0.4) is 0 Å². The fourth-order valence-electron chi connectivity index (χ4n) is 2.07. The summed E-state index contributed by atoms with van der Waals surface area (Å²) in [7, 11) is -3.42. The molecule has 1 aliphatic carbocycles. The minimum absolute atomic E-state index is 0.347. The lowest BCUT2D eigenvalue weighted by Gasteiger charge is -2.14. The lowest BCUT2D eigenvalue weighted by Crippen LogP contribution is -2.29. The second-order valence-corrected chi connectivity index (χ2v) is 7.86. The number of rotatable bonds is 8. The second-order valence-electron chi connectivity index (χ2n) is 6.12. The van der Waals surface area contributed by atoms with Crippen LogP contribution >= 0.6 is 0 Å². The van der Waals surface area contributed by atoms with Crippen molar-refractivity contribution in [1.82, 2.24) is 10.0 Å². The molecule has 0 aromatic heterocycles. The summed E-state index contributed by atoms with van der Waals surface area (Å²) in [6.07, 6.45) is 3.42. The van der Waals surface area contributed by atoms with Gasteiger partial charge >= 0.3 is 0 Å². The van der Waals surface area contributed by atoms with Crippen molar-refractivity contribution >= 4 is 10.0 Å². The Balaban J connectivity index is 2.10. The Hall–Kier alpha value is -0.910. The highest BCUT2D eigenvalue weighted by Crippen LogP contribution is 2.21. The standard InChI is InChI=1S/C16H26N2O2S/c1-4-12(2)10-18-21(19,20)16-9-14(6-5-13(16)3)11-17-15-7-8-15/h5-6,9,12,15,17-18H,4,7-8,10-11H2,1-3H3. The quantitative estimate of drug-likeness (QED) is 0.776. The fraction of sp³-hybridized carbons (Fsp3) is 0.625. The predicted octanol–water partition coefficient (Wildman–Crippen LogP) is 2.57. The molecule has 0 amide bonds. The molecule has 0 aliphatic heterocycles. The van der Waals surface area contributed by atoms with Gasteiger partial charge in [0.2, 0.25) is 10.0 Å². The van der Waals surface area contributed by atoms with E-state index in [1.807, 2.05) is 26.0 Å². The third-order valence-electron chi connectivity index (χ3n) is 4.03. The van der Waals surface area contributed by atoms with E-state index >= 15 is 0 Å². The maximum absolute atomic E-state index is 12.4. The van der Waals surface area contributed by atoms with Gasteiger partial charge in [0, 0.05) is 19.1 Å². The van der Waals surface area contributed by atoms with Crippen molar-refractivity contribution in [2.75, 3.05) is 6.54 Å². The summed E-state index contributed by atoms with van der Waals surface area (Å²) in [5.74, 6) is 0.347. The van der Waals surface area contributed by atoms with Gasteiger partial charge in [0.05, 0.1) is 4.90 Å². The van der Waals surface area contributed by atoms with Gasteiger partial charge < -0.3 is 5.32 Å². The van der Waals surface area contributed by atoms with Crippen molar-refractivity contribution in [3.05, 3.63) is 29.3 Å². The summed E-state index contributed by atoms with van der Waals surface area (Å²) in [5, 5.41) is 3.42. The average Bonchev–Trinajstić information content (AvgIpc) is 3.28. The maximum Gasteiger partial charge on any atom is 0.240 e. The maximum atomic E-state index is 12.4. The molecule has 2 N–H and O–H groups in total. The molecule has 1 aromatic rings. The molecule has 118 valence electrons. The Morgan fingerprint density at radius 1 is 1.33 bits per heavy atom. The van der Waals surface area contributed by atoms with E-state index < -0.39 is 10.0 Å². The van der Waals surface area contributed by atoms with Crippen LogP contribution in [0.15, 0.2) is 23.1 Å². The van der Waals surface area contributed by atoms with Crippen LogP contribution in [0.25, 0.3) is 0 Å². The van der Waals surface area contributed by atoms with Crippen molar-refractivity contribution in [2.24, 2.45) is 5.92 Å². The fourth-order valence-corrected chi connectivity index (χ4v) is 3.53. The molecule has 1 atom stereocenters. The van der Waals surface area contributed by atoms with E-state index in [2.05, 4.69) is 17.0 Å². The summed E-state index contributed by atoms with van der Waals surface area (Å²) < 4.78 is 27.6. The molecule has 0 heterocycles. The number of nitrogens with one attached hydrogen (secondary N) is 2. The minimum Gasteiger partial charge on any atom is -0.310 e. The van der Waals surface area contributed by atoms with E-state index in [0.29, 0.717) is 23.4 Å². The number of aryl methyl sites for hydroxylation is 1. The molecule has 1 fully saturated rings. The first-order chi connectivity index (χ1) is 9.92. The lowest BCUT2D eigenvalue weighted by molar-refractivity contribution is 0.528. The first-order valence-electron chi connectivity index (χ1n) is 7.75. The minimum atomic E-state index is -3.42. The Bertz CT molecular complexity index is 580. The SMILES string of the molecule is CCC(C)CNS(=O)(=O)c1cc(CNC2CC2)ccc1C. The first kappa shape index (κ1) is 16.5. The summed E-state index contributed by atoms with van der Waals surface area (Å²) >= 11 is 0. The Morgan fingerprint density at radius 3 is 2.67 bits per heavy atom. The molecule has 21 heavy (non-hydrogen) atoms. The molecule has 5 heteroatoms. The van der Waals surface area contributed by atoms with Crippen LogP contribution < -0.4 is 10.0 Å². The molecule has 1 unspecified atom stereocenters. The molecule has 1 aromatic carbocycles. The number of hydrogen-bond acceptors (Lipinski definition) is 3. The highest BCUT2D eigenvalue weighted by Gasteiger charge is 2.21. The van der Waals surface area contributed by atoms with E-state index in [-0.39, 0.29) is 0 Å². The van der Waals surface area contributed by atoms with Gasteiger partial charge in [-0.3, -0.25) is 0 Å². The van der Waals surface area contributed by atoms with Crippen LogP contribution in [-0.2, 0) is 16.6 Å². The highest BCUT2D eigenvalue weighted by atomic mass is 32.2. The summed E-state index contributed by atoms with van der Waals surface area (Å²) in [5.41, 5.74) is 1.82. The van der Waals surface area contributed by atoms with Crippen molar-refractivity contribution in [3.8, 4) is 0 Å². The largest absolute Gasteiger partial charge is 0.310 e. The highest BCUT2D eigenvalue weighted by molar-refractivity contribution is 7.89. The van der Waals surface area contributed by atoms with Gasteiger partial charge in [-0.15, -0.1) is 0 Å². The third-order valence-corrected chi connectivity index (χ3v) is 5.60. The molecule has 0 radical (unpaired) electrons. The average molecular weight is 310 g/mol. The number of sulfonamides is 1. The van der Waals surface area contributed by atoms with Crippen LogP contribution in [0.2, 0.25) is 0 Å². The molecular weight excluding hydrogens is 284 g/mol. The lowest BCUT2D eigenvalue weighted by atomic mass is 10.1. The van der Waals surface area contributed by atoms with Crippen LogP contribution in [0.1, 0.15) is 44.2 Å². The van der Waals surface area contributed by atoms with E-state index in [4.69, 9.17) is 0 Å². The van der Waals surface area contributed by atoms with Crippen molar-refractivity contribution < 1.29 is 8.42 Å². The number of benzene rings is 1. The van der Waals surface area contributed by atoms with Gasteiger partial charge in [-0.05, 0) is 42.9 Å². The molecule has 0 spiro atoms.